The van der Waals surface area contributed by atoms with E-state index < -0.39 is 6.04 Å². The highest BCUT2D eigenvalue weighted by Crippen LogP contribution is 2.09. The van der Waals surface area contributed by atoms with Gasteiger partial charge in [0, 0.05) is 38.6 Å². The van der Waals surface area contributed by atoms with Crippen LogP contribution in [0.1, 0.15) is 13.8 Å². The molecule has 23 heavy (non-hydrogen) atoms. The average molecular weight is 320 g/mol. The summed E-state index contributed by atoms with van der Waals surface area (Å²) in [7, 11) is 0. The number of piperazine rings is 1. The highest BCUT2D eigenvalue weighted by atomic mass is 16.2. The van der Waals surface area contributed by atoms with Crippen molar-refractivity contribution < 1.29 is 9.59 Å². The molecule has 126 valence electrons. The van der Waals surface area contributed by atoms with Gasteiger partial charge in [-0.05, 0) is 12.0 Å². The van der Waals surface area contributed by atoms with Gasteiger partial charge in [0.1, 0.15) is 0 Å². The predicted octanol–water partition coefficient (Wildman–Crippen LogP) is -0.775. The normalized spacial score (nSPS) is 16.3. The second-order valence-corrected chi connectivity index (χ2v) is 5.90. The van der Waals surface area contributed by atoms with Crippen LogP contribution in [0.5, 0.6) is 0 Å². The quantitative estimate of drug-likeness (QED) is 0.738. The number of anilines is 1. The molecule has 1 aromatic heterocycles. The largest absolute Gasteiger partial charge is 0.346 e. The van der Waals surface area contributed by atoms with E-state index in [0.29, 0.717) is 32.1 Å². The minimum absolute atomic E-state index is 0.0128. The molecule has 0 aromatic carbocycles. The molecule has 0 aliphatic carbocycles. The van der Waals surface area contributed by atoms with E-state index >= 15 is 0 Å². The third-order valence-corrected chi connectivity index (χ3v) is 3.90. The standard InChI is InChI=1S/C15H24N6O2/c1-11(2)13(16)14(23)19-10-12(22)20-6-8-21(9-7-20)15-17-4-3-5-18-15/h3-5,11,13H,6-10,16H2,1-2H3,(H,19,23)/t13-/m0/s1. The number of nitrogens with zero attached hydrogens (tertiary/aromatic N) is 4. The van der Waals surface area contributed by atoms with E-state index in [0.717, 1.165) is 0 Å². The maximum Gasteiger partial charge on any atom is 0.242 e. The smallest absolute Gasteiger partial charge is 0.242 e. The third kappa shape index (κ3) is 4.62. The Labute approximate surface area is 136 Å². The molecule has 1 aliphatic heterocycles. The number of hydrogen-bond donors (Lipinski definition) is 2. The van der Waals surface area contributed by atoms with Gasteiger partial charge in [0.05, 0.1) is 12.6 Å². The lowest BCUT2D eigenvalue weighted by Gasteiger charge is -2.34. The Morgan fingerprint density at radius 1 is 1.22 bits per heavy atom. The second-order valence-electron chi connectivity index (χ2n) is 5.90. The van der Waals surface area contributed by atoms with Crippen molar-refractivity contribution in [1.82, 2.24) is 20.2 Å². The number of aromatic nitrogens is 2. The number of carbonyl (C=O) groups is 2. The van der Waals surface area contributed by atoms with Crippen LogP contribution in [-0.2, 0) is 9.59 Å². The summed E-state index contributed by atoms with van der Waals surface area (Å²) in [6.07, 6.45) is 3.40. The maximum absolute atomic E-state index is 12.2. The van der Waals surface area contributed by atoms with Gasteiger partial charge >= 0.3 is 0 Å². The van der Waals surface area contributed by atoms with Crippen LogP contribution < -0.4 is 16.0 Å². The molecule has 1 aliphatic rings. The summed E-state index contributed by atoms with van der Waals surface area (Å²) < 4.78 is 0. The number of nitrogens with one attached hydrogen (secondary N) is 1. The summed E-state index contributed by atoms with van der Waals surface area (Å²) in [5, 5.41) is 2.61. The van der Waals surface area contributed by atoms with Gasteiger partial charge in [-0.15, -0.1) is 0 Å². The summed E-state index contributed by atoms with van der Waals surface area (Å²) in [5.74, 6) is 0.336. The van der Waals surface area contributed by atoms with Crippen molar-refractivity contribution in [3.63, 3.8) is 0 Å². The van der Waals surface area contributed by atoms with Gasteiger partial charge in [-0.3, -0.25) is 9.59 Å². The van der Waals surface area contributed by atoms with E-state index in [4.69, 9.17) is 5.73 Å². The Morgan fingerprint density at radius 2 is 1.83 bits per heavy atom. The van der Waals surface area contributed by atoms with E-state index in [9.17, 15) is 9.59 Å². The lowest BCUT2D eigenvalue weighted by atomic mass is 10.1. The number of nitrogens with two attached hydrogens (primary N) is 1. The van der Waals surface area contributed by atoms with E-state index in [-0.39, 0.29) is 24.3 Å². The molecule has 1 saturated heterocycles. The monoisotopic (exact) mass is 320 g/mol. The fourth-order valence-corrected chi connectivity index (χ4v) is 2.31. The molecule has 0 bridgehead atoms. The van der Waals surface area contributed by atoms with Crippen molar-refractivity contribution in [2.75, 3.05) is 37.6 Å². The summed E-state index contributed by atoms with van der Waals surface area (Å²) in [5.41, 5.74) is 5.75. The molecule has 1 atom stereocenters. The van der Waals surface area contributed by atoms with Crippen molar-refractivity contribution in [3.05, 3.63) is 18.5 Å². The van der Waals surface area contributed by atoms with Crippen LogP contribution in [0.2, 0.25) is 0 Å². The summed E-state index contributed by atoms with van der Waals surface area (Å²) in [4.78, 5) is 36.1. The number of rotatable bonds is 5. The van der Waals surface area contributed by atoms with Crippen LogP contribution in [0.15, 0.2) is 18.5 Å². The van der Waals surface area contributed by atoms with Gasteiger partial charge in [-0.1, -0.05) is 13.8 Å². The molecule has 0 unspecified atom stereocenters. The molecule has 2 rings (SSSR count). The molecule has 0 saturated carbocycles. The first-order chi connectivity index (χ1) is 11.0. The first-order valence-electron chi connectivity index (χ1n) is 7.82. The molecule has 1 aromatic rings. The lowest BCUT2D eigenvalue weighted by Crippen LogP contribution is -2.53. The topological polar surface area (TPSA) is 104 Å². The minimum atomic E-state index is -0.588. The Kier molecular flexibility index (Phi) is 5.86. The van der Waals surface area contributed by atoms with Crippen LogP contribution in [0.3, 0.4) is 0 Å². The van der Waals surface area contributed by atoms with Crippen LogP contribution in [0, 0.1) is 5.92 Å². The van der Waals surface area contributed by atoms with Gasteiger partial charge in [-0.25, -0.2) is 9.97 Å². The van der Waals surface area contributed by atoms with Gasteiger partial charge in [0.2, 0.25) is 17.8 Å². The van der Waals surface area contributed by atoms with E-state index in [2.05, 4.69) is 15.3 Å². The molecule has 0 spiro atoms. The van der Waals surface area contributed by atoms with Crippen LogP contribution >= 0.6 is 0 Å². The molecule has 0 radical (unpaired) electrons. The van der Waals surface area contributed by atoms with Crippen molar-refractivity contribution >= 4 is 17.8 Å². The third-order valence-electron chi connectivity index (χ3n) is 3.90. The Morgan fingerprint density at radius 3 is 2.39 bits per heavy atom. The molecule has 2 amide bonds. The molecule has 2 heterocycles. The number of hydrogen-bond acceptors (Lipinski definition) is 6. The minimum Gasteiger partial charge on any atom is -0.346 e. The molecule has 8 heteroatoms. The highest BCUT2D eigenvalue weighted by molar-refractivity contribution is 5.87. The van der Waals surface area contributed by atoms with Gasteiger partial charge in [-0.2, -0.15) is 0 Å². The van der Waals surface area contributed by atoms with E-state index in [1.54, 1.807) is 23.4 Å². The summed E-state index contributed by atoms with van der Waals surface area (Å²) >= 11 is 0. The van der Waals surface area contributed by atoms with Crippen molar-refractivity contribution in [2.24, 2.45) is 11.7 Å². The average Bonchev–Trinajstić information content (AvgIpc) is 2.59. The molecular weight excluding hydrogens is 296 g/mol. The molecule has 3 N–H and O–H groups in total. The lowest BCUT2D eigenvalue weighted by molar-refractivity contribution is -0.133. The van der Waals surface area contributed by atoms with Crippen LogP contribution in [-0.4, -0.2) is 65.4 Å². The first-order valence-corrected chi connectivity index (χ1v) is 7.82. The number of amides is 2. The summed E-state index contributed by atoms with van der Waals surface area (Å²) in [6.45, 7) is 6.26. The van der Waals surface area contributed by atoms with Gasteiger partial charge in [0.15, 0.2) is 0 Å². The first kappa shape index (κ1) is 17.1. The molecular formula is C15H24N6O2. The van der Waals surface area contributed by atoms with Crippen molar-refractivity contribution in [2.45, 2.75) is 19.9 Å². The van der Waals surface area contributed by atoms with E-state index in [1.807, 2.05) is 18.7 Å². The number of carbonyl (C=O) groups excluding carboxylic acids is 2. The van der Waals surface area contributed by atoms with Crippen molar-refractivity contribution in [3.8, 4) is 0 Å². The zero-order valence-corrected chi connectivity index (χ0v) is 13.6. The fraction of sp³-hybridized carbons (Fsp3) is 0.600. The van der Waals surface area contributed by atoms with Gasteiger partial charge < -0.3 is 20.9 Å². The fourth-order valence-electron chi connectivity index (χ4n) is 2.31. The Balaban J connectivity index is 1.77. The highest BCUT2D eigenvalue weighted by Gasteiger charge is 2.23. The van der Waals surface area contributed by atoms with Crippen LogP contribution in [0.4, 0.5) is 5.95 Å². The maximum atomic E-state index is 12.2. The van der Waals surface area contributed by atoms with Gasteiger partial charge in [0.25, 0.3) is 0 Å². The van der Waals surface area contributed by atoms with E-state index in [1.165, 1.54) is 0 Å². The molecule has 1 fully saturated rings. The Bertz CT molecular complexity index is 528. The summed E-state index contributed by atoms with van der Waals surface area (Å²) in [6, 6.07) is 1.18. The zero-order chi connectivity index (χ0) is 16.8. The second kappa shape index (κ2) is 7.87. The SMILES string of the molecule is CC(C)[C@H](N)C(=O)NCC(=O)N1CCN(c2ncccn2)CC1. The predicted molar refractivity (Wildman–Crippen MR) is 86.6 cm³/mol. The zero-order valence-electron chi connectivity index (χ0n) is 13.6. The molecule has 8 nitrogen and oxygen atoms in total. The Hall–Kier alpha value is -2.22. The van der Waals surface area contributed by atoms with Crippen LogP contribution in [0.25, 0.3) is 0 Å². The van der Waals surface area contributed by atoms with Crippen molar-refractivity contribution in [1.29, 1.82) is 0 Å².